The number of halogens is 3. The monoisotopic (exact) mass is 344 g/mol. The Bertz CT molecular complexity index is 572. The molecule has 0 radical (unpaired) electrons. The third-order valence-electron chi connectivity index (χ3n) is 6.84. The van der Waals surface area contributed by atoms with Gasteiger partial charge in [0.15, 0.2) is 0 Å². The molecule has 0 N–H and O–H groups in total. The second-order valence-corrected chi connectivity index (χ2v) is 9.79. The predicted octanol–water partition coefficient (Wildman–Crippen LogP) is 5.42. The number of ether oxygens (including phenoxy) is 1. The van der Waals surface area contributed by atoms with E-state index in [-0.39, 0.29) is 16.2 Å². The van der Waals surface area contributed by atoms with Gasteiger partial charge in [0.2, 0.25) is 0 Å². The molecule has 0 heterocycles. The highest BCUT2D eigenvalue weighted by molar-refractivity contribution is 5.89. The van der Waals surface area contributed by atoms with Gasteiger partial charge in [-0.15, -0.1) is 0 Å². The van der Waals surface area contributed by atoms with Gasteiger partial charge in [0.25, 0.3) is 0 Å². The van der Waals surface area contributed by atoms with Crippen LogP contribution in [-0.2, 0) is 9.53 Å². The highest BCUT2D eigenvalue weighted by Crippen LogP contribution is 2.72. The summed E-state index contributed by atoms with van der Waals surface area (Å²) in [4.78, 5) is 12.0. The molecule has 4 rings (SSSR count). The average molecular weight is 344 g/mol. The molecule has 4 bridgehead atoms. The molecule has 136 valence electrons. The van der Waals surface area contributed by atoms with Crippen LogP contribution in [0.1, 0.15) is 66.2 Å². The van der Waals surface area contributed by atoms with Crippen molar-refractivity contribution in [1.29, 1.82) is 0 Å². The van der Waals surface area contributed by atoms with Crippen LogP contribution in [0, 0.1) is 22.2 Å². The van der Waals surface area contributed by atoms with E-state index in [0.717, 1.165) is 25.7 Å². The zero-order chi connectivity index (χ0) is 18.2. The highest BCUT2D eigenvalue weighted by atomic mass is 19.4. The molecule has 0 aromatic heterocycles. The summed E-state index contributed by atoms with van der Waals surface area (Å²) in [6, 6.07) is 0. The second-order valence-electron chi connectivity index (χ2n) is 9.79. The van der Waals surface area contributed by atoms with E-state index in [1.54, 1.807) is 13.8 Å². The van der Waals surface area contributed by atoms with E-state index in [1.807, 2.05) is 0 Å². The van der Waals surface area contributed by atoms with Gasteiger partial charge in [0.05, 0.1) is 0 Å². The van der Waals surface area contributed by atoms with Crippen LogP contribution < -0.4 is 0 Å². The van der Waals surface area contributed by atoms with Crippen molar-refractivity contribution >= 4 is 5.97 Å². The Hall–Kier alpha value is -1.00. The molecule has 0 amide bonds. The number of alkyl halides is 3. The summed E-state index contributed by atoms with van der Waals surface area (Å²) in [5.41, 5.74) is -2.17. The lowest BCUT2D eigenvalue weighted by atomic mass is 9.38. The zero-order valence-corrected chi connectivity index (χ0v) is 15.0. The molecule has 4 aliphatic carbocycles. The minimum atomic E-state index is -4.74. The summed E-state index contributed by atoms with van der Waals surface area (Å²) in [5, 5.41) is 0. The van der Waals surface area contributed by atoms with Gasteiger partial charge in [-0.2, -0.15) is 13.2 Å². The number of hydrogen-bond acceptors (Lipinski definition) is 2. The van der Waals surface area contributed by atoms with Gasteiger partial charge in [-0.1, -0.05) is 20.4 Å². The first-order chi connectivity index (χ1) is 10.7. The molecule has 4 saturated carbocycles. The standard InChI is InChI=1S/C19H27F3O2/c1-12(19(20,21)22)14(23)24-15(2,3)18-8-13-6-16(4,10-18)9-17(5,7-13)11-18/h13H,1,6-11H2,2-5H3. The van der Waals surface area contributed by atoms with Gasteiger partial charge in [-0.25, -0.2) is 4.79 Å². The summed E-state index contributed by atoms with van der Waals surface area (Å²) in [5.74, 6) is -0.751. The summed E-state index contributed by atoms with van der Waals surface area (Å²) < 4.78 is 43.7. The van der Waals surface area contributed by atoms with Crippen LogP contribution in [0.3, 0.4) is 0 Å². The summed E-state index contributed by atoms with van der Waals surface area (Å²) in [7, 11) is 0. The fraction of sp³-hybridized carbons (Fsp3) is 0.842. The SMILES string of the molecule is C=C(C(=O)OC(C)(C)C12CC3CC(C)(CC(C)(C3)C1)C2)C(F)(F)F. The second kappa shape index (κ2) is 4.79. The molecular weight excluding hydrogens is 317 g/mol. The molecule has 2 atom stereocenters. The normalized spacial score (nSPS) is 41.4. The Balaban J connectivity index is 1.87. The lowest BCUT2D eigenvalue weighted by Gasteiger charge is -2.68. The van der Waals surface area contributed by atoms with Crippen LogP contribution in [0.15, 0.2) is 12.2 Å². The Labute approximate surface area is 141 Å². The van der Waals surface area contributed by atoms with Crippen molar-refractivity contribution in [2.24, 2.45) is 22.2 Å². The van der Waals surface area contributed by atoms with Gasteiger partial charge in [-0.05, 0) is 69.1 Å². The third-order valence-corrected chi connectivity index (χ3v) is 6.84. The largest absolute Gasteiger partial charge is 0.455 e. The molecule has 2 unspecified atom stereocenters. The van der Waals surface area contributed by atoms with E-state index < -0.39 is 23.3 Å². The molecule has 0 aromatic carbocycles. The van der Waals surface area contributed by atoms with E-state index in [1.165, 1.54) is 12.8 Å². The first kappa shape index (κ1) is 17.8. The number of carbonyl (C=O) groups is 1. The number of rotatable bonds is 3. The van der Waals surface area contributed by atoms with Crippen molar-refractivity contribution in [3.8, 4) is 0 Å². The molecule has 4 fully saturated rings. The topological polar surface area (TPSA) is 26.3 Å². The van der Waals surface area contributed by atoms with Crippen LogP contribution in [0.4, 0.5) is 13.2 Å². The molecule has 0 saturated heterocycles. The maximum atomic E-state index is 12.8. The van der Waals surface area contributed by atoms with Crippen LogP contribution >= 0.6 is 0 Å². The summed E-state index contributed by atoms with van der Waals surface area (Å²) >= 11 is 0. The third kappa shape index (κ3) is 2.68. The predicted molar refractivity (Wildman–Crippen MR) is 85.2 cm³/mol. The molecule has 4 aliphatic rings. The maximum absolute atomic E-state index is 12.8. The van der Waals surface area contributed by atoms with Crippen LogP contribution in [0.2, 0.25) is 0 Å². The quantitative estimate of drug-likeness (QED) is 0.504. The molecule has 24 heavy (non-hydrogen) atoms. The lowest BCUT2D eigenvalue weighted by molar-refractivity contribution is -0.229. The number of esters is 1. The molecule has 0 aliphatic heterocycles. The fourth-order valence-corrected chi connectivity index (χ4v) is 6.64. The average Bonchev–Trinajstić information content (AvgIpc) is 2.31. The van der Waals surface area contributed by atoms with Gasteiger partial charge >= 0.3 is 12.1 Å². The van der Waals surface area contributed by atoms with Crippen molar-refractivity contribution in [1.82, 2.24) is 0 Å². The van der Waals surface area contributed by atoms with E-state index in [4.69, 9.17) is 4.74 Å². The Morgan fingerprint density at radius 3 is 1.96 bits per heavy atom. The minimum absolute atomic E-state index is 0.207. The molecule has 0 spiro atoms. The fourth-order valence-electron chi connectivity index (χ4n) is 6.64. The Morgan fingerprint density at radius 1 is 1.04 bits per heavy atom. The molecule has 0 aromatic rings. The van der Waals surface area contributed by atoms with Gasteiger partial charge in [0, 0.05) is 5.41 Å². The number of carbonyl (C=O) groups excluding carboxylic acids is 1. The maximum Gasteiger partial charge on any atom is 0.422 e. The minimum Gasteiger partial charge on any atom is -0.455 e. The van der Waals surface area contributed by atoms with E-state index >= 15 is 0 Å². The summed E-state index contributed by atoms with van der Waals surface area (Å²) in [6.07, 6.45) is 1.57. The van der Waals surface area contributed by atoms with Gasteiger partial charge in [0.1, 0.15) is 11.2 Å². The van der Waals surface area contributed by atoms with Crippen LogP contribution in [0.5, 0.6) is 0 Å². The number of hydrogen-bond donors (Lipinski definition) is 0. The van der Waals surface area contributed by atoms with Crippen molar-refractivity contribution in [3.63, 3.8) is 0 Å². The molecule has 2 nitrogen and oxygen atoms in total. The van der Waals surface area contributed by atoms with E-state index in [0.29, 0.717) is 5.92 Å². The Kier molecular flexibility index (Phi) is 3.56. The molecule has 5 heteroatoms. The first-order valence-electron chi connectivity index (χ1n) is 8.69. The first-order valence-corrected chi connectivity index (χ1v) is 8.69. The highest BCUT2D eigenvalue weighted by Gasteiger charge is 2.65. The van der Waals surface area contributed by atoms with Gasteiger partial charge < -0.3 is 4.74 Å². The van der Waals surface area contributed by atoms with Crippen LogP contribution in [-0.4, -0.2) is 17.7 Å². The zero-order valence-electron chi connectivity index (χ0n) is 15.0. The van der Waals surface area contributed by atoms with Gasteiger partial charge in [-0.3, -0.25) is 0 Å². The van der Waals surface area contributed by atoms with Crippen molar-refractivity contribution in [2.45, 2.75) is 78.0 Å². The lowest BCUT2D eigenvalue weighted by Crippen LogP contribution is -2.62. The molecular formula is C19H27F3O2. The van der Waals surface area contributed by atoms with E-state index in [9.17, 15) is 18.0 Å². The van der Waals surface area contributed by atoms with Crippen molar-refractivity contribution < 1.29 is 22.7 Å². The van der Waals surface area contributed by atoms with Crippen LogP contribution in [0.25, 0.3) is 0 Å². The smallest absolute Gasteiger partial charge is 0.422 e. The van der Waals surface area contributed by atoms with Crippen molar-refractivity contribution in [2.75, 3.05) is 0 Å². The Morgan fingerprint density at radius 2 is 1.54 bits per heavy atom. The summed E-state index contributed by atoms with van der Waals surface area (Å²) in [6.45, 7) is 11.0. The van der Waals surface area contributed by atoms with Crippen molar-refractivity contribution in [3.05, 3.63) is 12.2 Å². The van der Waals surface area contributed by atoms with E-state index in [2.05, 4.69) is 20.4 Å².